The second kappa shape index (κ2) is 2.25. The summed E-state index contributed by atoms with van der Waals surface area (Å²) < 4.78 is 0.870. The van der Waals surface area contributed by atoms with E-state index >= 15 is 0 Å². The molecule has 8 heavy (non-hydrogen) atoms. The van der Waals surface area contributed by atoms with Gasteiger partial charge in [0.2, 0.25) is 0 Å². The van der Waals surface area contributed by atoms with E-state index in [0.717, 1.165) is 3.70 Å². The highest BCUT2D eigenvalue weighted by molar-refractivity contribution is 14.1. The summed E-state index contributed by atoms with van der Waals surface area (Å²) in [6, 6.07) is 1.71. The quantitative estimate of drug-likeness (QED) is 0.517. The maximum atomic E-state index is 5.30. The molecule has 0 amide bonds. The summed E-state index contributed by atoms with van der Waals surface area (Å²) in [5.74, 6) is 0.518. The topological polar surface area (TPSA) is 51.8 Å². The van der Waals surface area contributed by atoms with Crippen molar-refractivity contribution in [3.8, 4) is 0 Å². The predicted octanol–water partition coefficient (Wildman–Crippen LogP) is 0.663. The molecule has 1 rings (SSSR count). The van der Waals surface area contributed by atoms with Crippen LogP contribution >= 0.6 is 22.6 Å². The van der Waals surface area contributed by atoms with Crippen molar-refractivity contribution in [2.45, 2.75) is 0 Å². The van der Waals surface area contributed by atoms with Crippen molar-refractivity contribution in [1.29, 1.82) is 0 Å². The van der Waals surface area contributed by atoms with Gasteiger partial charge < -0.3 is 5.73 Å². The van der Waals surface area contributed by atoms with Crippen molar-refractivity contribution in [3.05, 3.63) is 16.1 Å². The van der Waals surface area contributed by atoms with Gasteiger partial charge in [-0.05, 0) is 22.6 Å². The van der Waals surface area contributed by atoms with Crippen molar-refractivity contribution < 1.29 is 0 Å². The van der Waals surface area contributed by atoms with Crippen LogP contribution in [0.5, 0.6) is 0 Å². The average Bonchev–Trinajstić information content (AvgIpc) is 1.64. The third-order valence-electron chi connectivity index (χ3n) is 0.655. The number of nitrogens with two attached hydrogens (primary N) is 1. The van der Waals surface area contributed by atoms with Gasteiger partial charge in [0.25, 0.3) is 0 Å². The largest absolute Gasteiger partial charge is 0.384 e. The van der Waals surface area contributed by atoms with Gasteiger partial charge in [0.1, 0.15) is 15.8 Å². The van der Waals surface area contributed by atoms with Gasteiger partial charge in [0.05, 0.1) is 0 Å². The molecule has 1 aromatic heterocycles. The molecule has 1 aromatic rings. The SMILES string of the molecule is Nc1cc(I)ncn1. The molecular weight excluding hydrogens is 217 g/mol. The summed E-state index contributed by atoms with van der Waals surface area (Å²) in [6.07, 6.45) is 1.44. The van der Waals surface area contributed by atoms with Crippen LogP contribution in [0.4, 0.5) is 5.82 Å². The Morgan fingerprint density at radius 1 is 1.50 bits per heavy atom. The third-order valence-corrected chi connectivity index (χ3v) is 1.24. The minimum Gasteiger partial charge on any atom is -0.384 e. The number of aromatic nitrogens is 2. The molecule has 0 bridgehead atoms. The van der Waals surface area contributed by atoms with Crippen LogP contribution in [0.2, 0.25) is 0 Å². The first kappa shape index (κ1) is 5.74. The van der Waals surface area contributed by atoms with E-state index in [0.29, 0.717) is 5.82 Å². The van der Waals surface area contributed by atoms with Crippen molar-refractivity contribution >= 4 is 28.4 Å². The molecule has 0 aromatic carbocycles. The zero-order chi connectivity index (χ0) is 5.98. The first-order valence-electron chi connectivity index (χ1n) is 2.02. The van der Waals surface area contributed by atoms with Gasteiger partial charge in [-0.15, -0.1) is 0 Å². The fourth-order valence-electron chi connectivity index (χ4n) is 0.347. The highest BCUT2D eigenvalue weighted by atomic mass is 127. The van der Waals surface area contributed by atoms with E-state index in [4.69, 9.17) is 5.73 Å². The molecule has 0 saturated heterocycles. The van der Waals surface area contributed by atoms with Crippen LogP contribution in [-0.4, -0.2) is 9.97 Å². The average molecular weight is 221 g/mol. The van der Waals surface area contributed by atoms with Crippen LogP contribution in [0.1, 0.15) is 0 Å². The van der Waals surface area contributed by atoms with Crippen LogP contribution in [0.25, 0.3) is 0 Å². The number of nitrogen functional groups attached to an aromatic ring is 1. The molecule has 42 valence electrons. The highest BCUT2D eigenvalue weighted by Crippen LogP contribution is 2.00. The first-order chi connectivity index (χ1) is 3.79. The minimum atomic E-state index is 0.518. The minimum absolute atomic E-state index is 0.518. The molecule has 0 aliphatic carbocycles. The zero-order valence-electron chi connectivity index (χ0n) is 4.00. The van der Waals surface area contributed by atoms with Crippen LogP contribution in [-0.2, 0) is 0 Å². The Morgan fingerprint density at radius 3 is 2.62 bits per heavy atom. The van der Waals surface area contributed by atoms with Crippen molar-refractivity contribution in [2.24, 2.45) is 0 Å². The molecule has 0 spiro atoms. The fourth-order valence-corrected chi connectivity index (χ4v) is 0.791. The predicted molar refractivity (Wildman–Crippen MR) is 39.2 cm³/mol. The second-order valence-electron chi connectivity index (χ2n) is 1.27. The Balaban J connectivity index is 3.08. The molecule has 0 unspecified atom stereocenters. The summed E-state index contributed by atoms with van der Waals surface area (Å²) in [4.78, 5) is 7.54. The van der Waals surface area contributed by atoms with E-state index in [9.17, 15) is 0 Å². The van der Waals surface area contributed by atoms with Gasteiger partial charge in [0.15, 0.2) is 0 Å². The standard InChI is InChI=1S/C4H4IN3/c5-3-1-4(6)8-2-7-3/h1-2H,(H2,6,7,8). The number of halogens is 1. The van der Waals surface area contributed by atoms with E-state index in [1.807, 2.05) is 0 Å². The highest BCUT2D eigenvalue weighted by Gasteiger charge is 1.85. The van der Waals surface area contributed by atoms with Crippen molar-refractivity contribution in [3.63, 3.8) is 0 Å². The molecule has 4 heteroatoms. The molecule has 2 N–H and O–H groups in total. The molecule has 1 heterocycles. The Kier molecular flexibility index (Phi) is 1.62. The molecule has 0 aliphatic rings. The molecule has 0 aliphatic heterocycles. The van der Waals surface area contributed by atoms with E-state index < -0.39 is 0 Å². The number of hydrogen-bond donors (Lipinski definition) is 1. The Labute approximate surface area is 60.5 Å². The van der Waals surface area contributed by atoms with Gasteiger partial charge in [0, 0.05) is 6.07 Å². The van der Waals surface area contributed by atoms with Gasteiger partial charge in [-0.1, -0.05) is 0 Å². The molecular formula is C4H4IN3. The van der Waals surface area contributed by atoms with Gasteiger partial charge in [-0.25, -0.2) is 9.97 Å². The van der Waals surface area contributed by atoms with Crippen LogP contribution in [0.15, 0.2) is 12.4 Å². The lowest BCUT2D eigenvalue weighted by Gasteiger charge is -1.87. The maximum absolute atomic E-state index is 5.30. The van der Waals surface area contributed by atoms with Crippen LogP contribution in [0.3, 0.4) is 0 Å². The van der Waals surface area contributed by atoms with E-state index in [-0.39, 0.29) is 0 Å². The van der Waals surface area contributed by atoms with Crippen LogP contribution in [0, 0.1) is 3.70 Å². The number of anilines is 1. The van der Waals surface area contributed by atoms with E-state index in [2.05, 4.69) is 32.6 Å². The molecule has 0 fully saturated rings. The van der Waals surface area contributed by atoms with Gasteiger partial charge >= 0.3 is 0 Å². The Hall–Kier alpha value is -0.390. The van der Waals surface area contributed by atoms with Crippen molar-refractivity contribution in [1.82, 2.24) is 9.97 Å². The number of rotatable bonds is 0. The summed E-state index contributed by atoms with van der Waals surface area (Å²) in [7, 11) is 0. The molecule has 0 radical (unpaired) electrons. The molecule has 0 saturated carbocycles. The number of nitrogens with zero attached hydrogens (tertiary/aromatic N) is 2. The normalized spacial score (nSPS) is 9.12. The smallest absolute Gasteiger partial charge is 0.127 e. The summed E-state index contributed by atoms with van der Waals surface area (Å²) in [6.45, 7) is 0. The van der Waals surface area contributed by atoms with Gasteiger partial charge in [-0.3, -0.25) is 0 Å². The number of hydrogen-bond acceptors (Lipinski definition) is 3. The third kappa shape index (κ3) is 1.29. The van der Waals surface area contributed by atoms with E-state index in [1.165, 1.54) is 6.33 Å². The molecule has 0 atom stereocenters. The second-order valence-corrected chi connectivity index (χ2v) is 2.37. The summed E-state index contributed by atoms with van der Waals surface area (Å²) in [5, 5.41) is 0. The summed E-state index contributed by atoms with van der Waals surface area (Å²) in [5.41, 5.74) is 5.30. The summed E-state index contributed by atoms with van der Waals surface area (Å²) >= 11 is 2.07. The van der Waals surface area contributed by atoms with Gasteiger partial charge in [-0.2, -0.15) is 0 Å². The lowest BCUT2D eigenvalue weighted by Crippen LogP contribution is -1.90. The van der Waals surface area contributed by atoms with Crippen LogP contribution < -0.4 is 5.73 Å². The monoisotopic (exact) mass is 221 g/mol. The maximum Gasteiger partial charge on any atom is 0.127 e. The lowest BCUT2D eigenvalue weighted by atomic mass is 10.6. The first-order valence-corrected chi connectivity index (χ1v) is 3.10. The lowest BCUT2D eigenvalue weighted by molar-refractivity contribution is 1.14. The fraction of sp³-hybridized carbons (Fsp3) is 0. The zero-order valence-corrected chi connectivity index (χ0v) is 6.16. The Morgan fingerprint density at radius 2 is 2.25 bits per heavy atom. The van der Waals surface area contributed by atoms with Crippen molar-refractivity contribution in [2.75, 3.05) is 5.73 Å². The Bertz CT molecular complexity index is 171. The van der Waals surface area contributed by atoms with E-state index in [1.54, 1.807) is 6.07 Å². The molecule has 3 nitrogen and oxygen atoms in total.